The molecular weight excluding hydrogens is 419 g/mol. The van der Waals surface area contributed by atoms with E-state index >= 15 is 0 Å². The number of allylic oxidation sites excluding steroid dienone is 3. The molecule has 2 unspecified atom stereocenters. The minimum atomic E-state index is -0.372. The highest BCUT2D eigenvalue weighted by atomic mass is 19.1. The largest absolute Gasteiger partial charge is 0.494 e. The molecule has 5 rings (SSSR count). The maximum Gasteiger partial charge on any atom is 0.170 e. The maximum atomic E-state index is 14.7. The molecule has 3 heterocycles. The van der Waals surface area contributed by atoms with Crippen molar-refractivity contribution in [3.05, 3.63) is 59.1 Å². The molecule has 1 aromatic carbocycles. The van der Waals surface area contributed by atoms with Gasteiger partial charge in [0.15, 0.2) is 17.3 Å². The van der Waals surface area contributed by atoms with Crippen molar-refractivity contribution in [1.29, 1.82) is 0 Å². The second kappa shape index (κ2) is 9.05. The van der Waals surface area contributed by atoms with Crippen molar-refractivity contribution in [2.75, 3.05) is 52.3 Å². The number of aromatic nitrogens is 1. The van der Waals surface area contributed by atoms with E-state index in [1.54, 1.807) is 12.1 Å². The Morgan fingerprint density at radius 1 is 1.15 bits per heavy atom. The van der Waals surface area contributed by atoms with Crippen molar-refractivity contribution in [2.45, 2.75) is 24.9 Å². The van der Waals surface area contributed by atoms with Gasteiger partial charge < -0.3 is 24.6 Å². The Kier molecular flexibility index (Phi) is 5.96. The van der Waals surface area contributed by atoms with E-state index in [9.17, 15) is 4.39 Å². The Morgan fingerprint density at radius 2 is 2.00 bits per heavy atom. The zero-order chi connectivity index (χ0) is 22.9. The number of benzene rings is 1. The average molecular weight is 449 g/mol. The molecule has 0 radical (unpaired) electrons. The van der Waals surface area contributed by atoms with Crippen LogP contribution in [0.4, 0.5) is 10.1 Å². The summed E-state index contributed by atoms with van der Waals surface area (Å²) in [5, 5.41) is 3.86. The van der Waals surface area contributed by atoms with E-state index in [-0.39, 0.29) is 11.6 Å². The fourth-order valence-electron chi connectivity index (χ4n) is 5.11. The van der Waals surface area contributed by atoms with E-state index in [0.29, 0.717) is 30.0 Å². The van der Waals surface area contributed by atoms with Gasteiger partial charge in [-0.1, -0.05) is 5.73 Å². The summed E-state index contributed by atoms with van der Waals surface area (Å²) in [7, 11) is 5.56. The smallest absolute Gasteiger partial charge is 0.170 e. The van der Waals surface area contributed by atoms with Crippen molar-refractivity contribution >= 4 is 22.2 Å². The third-order valence-electron chi connectivity index (χ3n) is 6.83. The van der Waals surface area contributed by atoms with Crippen molar-refractivity contribution in [2.24, 2.45) is 0 Å². The van der Waals surface area contributed by atoms with Crippen molar-refractivity contribution < 1.29 is 13.9 Å². The van der Waals surface area contributed by atoms with Crippen LogP contribution in [0.1, 0.15) is 18.5 Å². The first-order valence-electron chi connectivity index (χ1n) is 11.5. The van der Waals surface area contributed by atoms with Crippen LogP contribution in [0.25, 0.3) is 16.5 Å². The van der Waals surface area contributed by atoms with Gasteiger partial charge >= 0.3 is 0 Å². The molecule has 2 saturated heterocycles. The minimum Gasteiger partial charge on any atom is -0.494 e. The number of pyridine rings is 1. The van der Waals surface area contributed by atoms with Gasteiger partial charge in [-0.2, -0.15) is 0 Å². The third kappa shape index (κ3) is 4.05. The summed E-state index contributed by atoms with van der Waals surface area (Å²) in [4.78, 5) is 9.72. The summed E-state index contributed by atoms with van der Waals surface area (Å²) < 4.78 is 25.6. The topological polar surface area (TPSA) is 49.9 Å². The van der Waals surface area contributed by atoms with Gasteiger partial charge in [-0.05, 0) is 57.0 Å². The summed E-state index contributed by atoms with van der Waals surface area (Å²) in [5.41, 5.74) is 9.60. The molecule has 1 N–H and O–H groups in total. The van der Waals surface area contributed by atoms with Crippen LogP contribution in [0.3, 0.4) is 0 Å². The number of rotatable bonds is 7. The molecule has 0 bridgehead atoms. The predicted octanol–water partition coefficient (Wildman–Crippen LogP) is 3.49. The standard InChI is InChI=1S/C26H29FN4O2/c1-28-10-13-33-18-6-4-17(5-7-18)21-15-25(31-12-9-23-24(31)8-11-30(23)2)19-14-20(27)26(32-3)16-22(19)29-21/h4,6,14-16,23-24,28H,8-13H2,1-3H3. The van der Waals surface area contributed by atoms with E-state index < -0.39 is 0 Å². The molecular formula is C26H29FN4O2. The number of halogens is 1. The van der Waals surface area contributed by atoms with Gasteiger partial charge in [0, 0.05) is 48.9 Å². The van der Waals surface area contributed by atoms with Crippen molar-refractivity contribution in [1.82, 2.24) is 15.2 Å². The molecule has 172 valence electrons. The quantitative estimate of drug-likeness (QED) is 0.517. The lowest BCUT2D eigenvalue weighted by molar-refractivity contribution is 0.228. The third-order valence-corrected chi connectivity index (χ3v) is 6.83. The molecule has 33 heavy (non-hydrogen) atoms. The second-order valence-electron chi connectivity index (χ2n) is 8.73. The zero-order valence-corrected chi connectivity index (χ0v) is 19.3. The van der Waals surface area contributed by atoms with Crippen molar-refractivity contribution in [3.63, 3.8) is 0 Å². The number of fused-ring (bicyclic) bond motifs is 2. The minimum absolute atomic E-state index is 0.196. The lowest BCUT2D eigenvalue weighted by Gasteiger charge is -2.28. The van der Waals surface area contributed by atoms with Crippen LogP contribution in [-0.4, -0.2) is 69.4 Å². The summed E-state index contributed by atoms with van der Waals surface area (Å²) in [6, 6.07) is 6.27. The first-order valence-corrected chi connectivity index (χ1v) is 11.5. The van der Waals surface area contributed by atoms with Crippen LogP contribution in [0, 0.1) is 5.82 Å². The average Bonchev–Trinajstić information content (AvgIpc) is 3.41. The van der Waals surface area contributed by atoms with E-state index in [1.165, 1.54) is 7.11 Å². The van der Waals surface area contributed by atoms with Crippen molar-refractivity contribution in [3.8, 4) is 5.75 Å². The fourth-order valence-corrected chi connectivity index (χ4v) is 5.11. The number of hydrogen-bond donors (Lipinski definition) is 1. The van der Waals surface area contributed by atoms with E-state index in [1.807, 2.05) is 19.2 Å². The summed E-state index contributed by atoms with van der Waals surface area (Å²) in [6.45, 7) is 3.36. The number of nitrogens with one attached hydrogen (secondary N) is 1. The number of likely N-dealkylation sites (tertiary alicyclic amines) is 1. The number of methoxy groups -OCH3 is 1. The van der Waals surface area contributed by atoms with Crippen LogP contribution >= 0.6 is 0 Å². The predicted molar refractivity (Wildman–Crippen MR) is 128 cm³/mol. The Morgan fingerprint density at radius 3 is 2.76 bits per heavy atom. The normalized spacial score (nSPS) is 22.0. The molecule has 0 saturated carbocycles. The molecule has 2 aromatic rings. The lowest BCUT2D eigenvalue weighted by Crippen LogP contribution is -2.35. The Balaban J connectivity index is 1.60. The first kappa shape index (κ1) is 21.7. The molecule has 0 amide bonds. The van der Waals surface area contributed by atoms with E-state index in [2.05, 4.69) is 39.7 Å². The van der Waals surface area contributed by atoms with Gasteiger partial charge in [0.1, 0.15) is 6.61 Å². The number of hydrogen-bond acceptors (Lipinski definition) is 6. The van der Waals surface area contributed by atoms with Crippen LogP contribution in [0.2, 0.25) is 0 Å². The van der Waals surface area contributed by atoms with Crippen LogP contribution in [0.5, 0.6) is 5.75 Å². The van der Waals surface area contributed by atoms with Gasteiger partial charge in [0.2, 0.25) is 0 Å². The van der Waals surface area contributed by atoms with Gasteiger partial charge in [-0.3, -0.25) is 0 Å². The van der Waals surface area contributed by atoms with Gasteiger partial charge in [0.25, 0.3) is 0 Å². The molecule has 1 aromatic heterocycles. The number of nitrogens with zero attached hydrogens (tertiary/aromatic N) is 3. The molecule has 6 nitrogen and oxygen atoms in total. The Labute approximate surface area is 193 Å². The van der Waals surface area contributed by atoms with Crippen LogP contribution in [0.15, 0.2) is 47.6 Å². The first-order chi connectivity index (χ1) is 16.1. The highest BCUT2D eigenvalue weighted by Gasteiger charge is 2.41. The van der Waals surface area contributed by atoms with Gasteiger partial charge in [-0.25, -0.2) is 9.37 Å². The van der Waals surface area contributed by atoms with E-state index in [4.69, 9.17) is 14.5 Å². The summed E-state index contributed by atoms with van der Waals surface area (Å²) >= 11 is 0. The number of likely N-dealkylation sites (N-methyl/N-ethyl adjacent to an activating group) is 2. The fraction of sp³-hybridized carbons (Fsp3) is 0.423. The monoisotopic (exact) mass is 448 g/mol. The van der Waals surface area contributed by atoms with E-state index in [0.717, 1.165) is 54.8 Å². The maximum absolute atomic E-state index is 14.7. The van der Waals surface area contributed by atoms with Crippen LogP contribution in [-0.2, 0) is 4.74 Å². The highest BCUT2D eigenvalue weighted by molar-refractivity contribution is 5.95. The molecule has 2 fully saturated rings. The number of ether oxygens (including phenoxy) is 2. The lowest BCUT2D eigenvalue weighted by atomic mass is 10.0. The SMILES string of the molecule is CNCCOC1=C=C=C(c2cc(N3CCC4C3CCN4C)c3cc(F)c(OC)cc3n2)C=C1. The van der Waals surface area contributed by atoms with Gasteiger partial charge in [-0.15, -0.1) is 0 Å². The molecule has 7 heteroatoms. The molecule has 2 aliphatic heterocycles. The Hall–Kier alpha value is -3.08. The molecule has 2 atom stereocenters. The molecule has 3 aliphatic rings. The summed E-state index contributed by atoms with van der Waals surface area (Å²) in [6.07, 6.45) is 6.05. The van der Waals surface area contributed by atoms with Gasteiger partial charge in [0.05, 0.1) is 23.9 Å². The number of anilines is 1. The van der Waals surface area contributed by atoms with Crippen LogP contribution < -0.4 is 15.0 Å². The molecule has 1 aliphatic carbocycles. The summed E-state index contributed by atoms with van der Waals surface area (Å²) in [5.74, 6) is 0.472. The second-order valence-corrected chi connectivity index (χ2v) is 8.73. The molecule has 0 spiro atoms. The Bertz CT molecular complexity index is 1210. The highest BCUT2D eigenvalue weighted by Crippen LogP contribution is 2.40. The zero-order valence-electron chi connectivity index (χ0n) is 19.3.